The van der Waals surface area contributed by atoms with E-state index in [0.29, 0.717) is 23.1 Å². The zero-order chi connectivity index (χ0) is 17.1. The number of fused-ring (bicyclic) bond motifs is 1. The van der Waals surface area contributed by atoms with E-state index in [1.54, 1.807) is 17.9 Å². The van der Waals surface area contributed by atoms with Crippen LogP contribution in [0.3, 0.4) is 0 Å². The quantitative estimate of drug-likeness (QED) is 0.687. The second-order valence-corrected chi connectivity index (χ2v) is 6.91. The Morgan fingerprint density at radius 3 is 2.71 bits per heavy atom. The number of anilines is 1. The summed E-state index contributed by atoms with van der Waals surface area (Å²) >= 11 is 1.52. The van der Waals surface area contributed by atoms with Crippen molar-refractivity contribution in [2.45, 2.75) is 13.3 Å². The molecule has 24 heavy (non-hydrogen) atoms. The molecule has 0 saturated heterocycles. The molecule has 1 aromatic carbocycles. The zero-order valence-corrected chi connectivity index (χ0v) is 14.8. The molecule has 0 saturated carbocycles. The number of carbonyl (C=O) groups is 1. The first-order valence-electron chi connectivity index (χ1n) is 7.80. The highest BCUT2D eigenvalue weighted by Crippen LogP contribution is 2.29. The molecule has 1 amide bonds. The number of nitrogens with zero attached hydrogens (tertiary/aromatic N) is 4. The molecule has 0 N–H and O–H groups in total. The molecule has 0 aliphatic carbocycles. The van der Waals surface area contributed by atoms with Gasteiger partial charge in [-0.15, -0.1) is 0 Å². The SMILES string of the molecule is Cc1cc(C(=O)N(CCCN(C)C)c2nc3ccccc3s2)no1. The Bertz CT molecular complexity index is 807. The van der Waals surface area contributed by atoms with E-state index in [2.05, 4.69) is 15.0 Å². The van der Waals surface area contributed by atoms with Gasteiger partial charge in [0.1, 0.15) is 5.76 Å². The van der Waals surface area contributed by atoms with Crippen LogP contribution in [0.5, 0.6) is 0 Å². The van der Waals surface area contributed by atoms with E-state index in [0.717, 1.165) is 23.2 Å². The van der Waals surface area contributed by atoms with Crippen molar-refractivity contribution in [1.82, 2.24) is 15.0 Å². The lowest BCUT2D eigenvalue weighted by Crippen LogP contribution is -2.33. The minimum absolute atomic E-state index is 0.176. The van der Waals surface area contributed by atoms with Crippen molar-refractivity contribution in [2.24, 2.45) is 0 Å². The number of para-hydroxylation sites is 1. The summed E-state index contributed by atoms with van der Waals surface area (Å²) in [5.41, 5.74) is 1.22. The summed E-state index contributed by atoms with van der Waals surface area (Å²) in [7, 11) is 4.04. The van der Waals surface area contributed by atoms with E-state index < -0.39 is 0 Å². The van der Waals surface area contributed by atoms with Crippen LogP contribution in [0.2, 0.25) is 0 Å². The molecule has 0 aliphatic rings. The number of aromatic nitrogens is 2. The molecule has 0 atom stereocenters. The Hall–Kier alpha value is -2.25. The van der Waals surface area contributed by atoms with Crippen LogP contribution in [0, 0.1) is 6.92 Å². The minimum Gasteiger partial charge on any atom is -0.361 e. The van der Waals surface area contributed by atoms with E-state index in [1.165, 1.54) is 11.3 Å². The van der Waals surface area contributed by atoms with Crippen LogP contribution in [0.1, 0.15) is 22.7 Å². The van der Waals surface area contributed by atoms with Gasteiger partial charge in [-0.3, -0.25) is 9.69 Å². The molecule has 0 bridgehead atoms. The van der Waals surface area contributed by atoms with Gasteiger partial charge in [0.2, 0.25) is 0 Å². The van der Waals surface area contributed by atoms with Crippen molar-refractivity contribution in [2.75, 3.05) is 32.1 Å². The molecular weight excluding hydrogens is 324 g/mol. The fraction of sp³-hybridized carbons (Fsp3) is 0.353. The first-order valence-corrected chi connectivity index (χ1v) is 8.62. The van der Waals surface area contributed by atoms with Crippen LogP contribution in [0.25, 0.3) is 10.2 Å². The summed E-state index contributed by atoms with van der Waals surface area (Å²) in [5, 5.41) is 4.55. The molecule has 2 heterocycles. The first-order chi connectivity index (χ1) is 11.5. The first kappa shape index (κ1) is 16.6. The minimum atomic E-state index is -0.176. The molecule has 0 fully saturated rings. The second-order valence-electron chi connectivity index (χ2n) is 5.90. The van der Waals surface area contributed by atoms with Crippen molar-refractivity contribution in [3.63, 3.8) is 0 Å². The van der Waals surface area contributed by atoms with Crippen molar-refractivity contribution in [3.05, 3.63) is 41.8 Å². The highest BCUT2D eigenvalue weighted by Gasteiger charge is 2.23. The standard InChI is InChI=1S/C17H20N4O2S/c1-12-11-14(19-23-12)16(22)21(10-6-9-20(2)3)17-18-13-7-4-5-8-15(13)24-17/h4-5,7-8,11H,6,9-10H2,1-3H3. The van der Waals surface area contributed by atoms with Crippen molar-refractivity contribution in [1.29, 1.82) is 0 Å². The normalized spacial score (nSPS) is 11.3. The highest BCUT2D eigenvalue weighted by molar-refractivity contribution is 7.22. The van der Waals surface area contributed by atoms with Crippen molar-refractivity contribution in [3.8, 4) is 0 Å². The highest BCUT2D eigenvalue weighted by atomic mass is 32.1. The van der Waals surface area contributed by atoms with E-state index in [9.17, 15) is 4.79 Å². The average Bonchev–Trinajstić information content (AvgIpc) is 3.16. The third kappa shape index (κ3) is 3.63. The number of hydrogen-bond donors (Lipinski definition) is 0. The summed E-state index contributed by atoms with van der Waals surface area (Å²) in [4.78, 5) is 21.3. The zero-order valence-electron chi connectivity index (χ0n) is 14.0. The maximum atomic E-state index is 12.9. The van der Waals surface area contributed by atoms with Crippen LogP contribution in [0.15, 0.2) is 34.9 Å². The van der Waals surface area contributed by atoms with Gasteiger partial charge in [-0.25, -0.2) is 4.98 Å². The molecule has 2 aromatic heterocycles. The predicted molar refractivity (Wildman–Crippen MR) is 95.7 cm³/mol. The van der Waals surface area contributed by atoms with E-state index >= 15 is 0 Å². The van der Waals surface area contributed by atoms with Crippen LogP contribution < -0.4 is 4.90 Å². The number of carbonyl (C=O) groups excluding carboxylic acids is 1. The molecule has 0 radical (unpaired) electrons. The number of rotatable bonds is 6. The van der Waals surface area contributed by atoms with Crippen molar-refractivity contribution < 1.29 is 9.32 Å². The van der Waals surface area contributed by atoms with E-state index in [1.807, 2.05) is 38.4 Å². The number of thiazole rings is 1. The van der Waals surface area contributed by atoms with Crippen LogP contribution in [0.4, 0.5) is 5.13 Å². The fourth-order valence-electron chi connectivity index (χ4n) is 2.41. The molecule has 3 rings (SSSR count). The Labute approximate surface area is 144 Å². The Balaban J connectivity index is 1.89. The second kappa shape index (κ2) is 7.11. The molecule has 3 aromatic rings. The third-order valence-electron chi connectivity index (χ3n) is 3.59. The fourth-order valence-corrected chi connectivity index (χ4v) is 3.40. The Morgan fingerprint density at radius 1 is 1.25 bits per heavy atom. The van der Waals surface area contributed by atoms with Gasteiger partial charge >= 0.3 is 0 Å². The van der Waals surface area contributed by atoms with E-state index in [4.69, 9.17) is 4.52 Å². The van der Waals surface area contributed by atoms with Crippen LogP contribution in [-0.2, 0) is 0 Å². The molecule has 7 heteroatoms. The van der Waals surface area contributed by atoms with Gasteiger partial charge in [0, 0.05) is 12.6 Å². The predicted octanol–water partition coefficient (Wildman–Crippen LogP) is 3.19. The smallest absolute Gasteiger partial charge is 0.282 e. The maximum absolute atomic E-state index is 12.9. The largest absolute Gasteiger partial charge is 0.361 e. The Morgan fingerprint density at radius 2 is 2.04 bits per heavy atom. The van der Waals surface area contributed by atoms with Crippen LogP contribution >= 0.6 is 11.3 Å². The van der Waals surface area contributed by atoms with Crippen LogP contribution in [-0.4, -0.2) is 48.1 Å². The van der Waals surface area contributed by atoms with Gasteiger partial charge < -0.3 is 9.42 Å². The maximum Gasteiger partial charge on any atom is 0.282 e. The summed E-state index contributed by atoms with van der Waals surface area (Å²) < 4.78 is 6.11. The lowest BCUT2D eigenvalue weighted by molar-refractivity contribution is 0.0977. The summed E-state index contributed by atoms with van der Waals surface area (Å²) in [6.45, 7) is 3.26. The summed E-state index contributed by atoms with van der Waals surface area (Å²) in [6, 6.07) is 9.56. The lowest BCUT2D eigenvalue weighted by Gasteiger charge is -2.19. The number of hydrogen-bond acceptors (Lipinski definition) is 6. The topological polar surface area (TPSA) is 62.5 Å². The lowest BCUT2D eigenvalue weighted by atomic mass is 10.3. The van der Waals surface area contributed by atoms with Gasteiger partial charge in [0.05, 0.1) is 10.2 Å². The summed E-state index contributed by atoms with van der Waals surface area (Å²) in [6.07, 6.45) is 0.853. The molecule has 0 unspecified atom stereocenters. The molecule has 0 aliphatic heterocycles. The van der Waals surface area contributed by atoms with Crippen molar-refractivity contribution >= 4 is 32.6 Å². The van der Waals surface area contributed by atoms with Gasteiger partial charge in [-0.2, -0.15) is 0 Å². The number of amides is 1. The summed E-state index contributed by atoms with van der Waals surface area (Å²) in [5.74, 6) is 0.445. The molecule has 126 valence electrons. The Kier molecular flexibility index (Phi) is 4.92. The van der Waals surface area contributed by atoms with Gasteiger partial charge in [-0.05, 0) is 46.1 Å². The van der Waals surface area contributed by atoms with Gasteiger partial charge in [0.25, 0.3) is 5.91 Å². The van der Waals surface area contributed by atoms with E-state index in [-0.39, 0.29) is 5.91 Å². The molecular formula is C17H20N4O2S. The molecule has 0 spiro atoms. The number of aryl methyl sites for hydroxylation is 1. The van der Waals surface area contributed by atoms with Gasteiger partial charge in [0.15, 0.2) is 10.8 Å². The monoisotopic (exact) mass is 344 g/mol. The average molecular weight is 344 g/mol. The molecule has 6 nitrogen and oxygen atoms in total. The third-order valence-corrected chi connectivity index (χ3v) is 4.65. The van der Waals surface area contributed by atoms with Gasteiger partial charge in [-0.1, -0.05) is 28.6 Å². The number of benzene rings is 1.